The maximum absolute atomic E-state index is 8.14. The highest BCUT2D eigenvalue weighted by Crippen LogP contribution is 2.54. The molecular weight excluding hydrogens is 924 g/mol. The standard InChI is InChI=1S/C65H59ClN2O5/c1-63(2,3)44-15-19-46(20-16-44)67(47-21-17-45(18-22-47)64(4,5)6)54-35-43(40-13-25-50-51-26-14-42(34-53(51)65(7,8)52(50)33-40)59-37-41-11-9-10-12-56(41)73-59)36-55(62(54)66)68(48-23-27-57-60(38-48)71-31-29-69-57)49-24-28-58-61(39-49)72-32-30-70-58/h9-28,33-39H,29-32H2,1-8H3. The molecule has 0 bridgehead atoms. The van der Waals surface area contributed by atoms with Gasteiger partial charge in [0.15, 0.2) is 23.0 Å². The summed E-state index contributed by atoms with van der Waals surface area (Å²) in [5, 5.41) is 1.65. The molecule has 0 amide bonds. The number of halogens is 1. The molecule has 0 atom stereocenters. The maximum Gasteiger partial charge on any atom is 0.163 e. The minimum absolute atomic E-state index is 0.0355. The zero-order valence-electron chi connectivity index (χ0n) is 42.7. The molecule has 8 aromatic carbocycles. The van der Waals surface area contributed by atoms with Crippen molar-refractivity contribution >= 4 is 56.7 Å². The summed E-state index contributed by atoms with van der Waals surface area (Å²) in [5.41, 5.74) is 16.3. The maximum atomic E-state index is 8.14. The predicted molar refractivity (Wildman–Crippen MR) is 298 cm³/mol. The lowest BCUT2D eigenvalue weighted by molar-refractivity contribution is 0.171. The number of ether oxygens (including phenoxy) is 4. The molecular formula is C65H59ClN2O5. The monoisotopic (exact) mass is 982 g/mol. The summed E-state index contributed by atoms with van der Waals surface area (Å²) in [6, 6.07) is 58.5. The van der Waals surface area contributed by atoms with E-state index in [1.54, 1.807) is 0 Å². The van der Waals surface area contributed by atoms with Gasteiger partial charge in [0, 0.05) is 39.9 Å². The predicted octanol–water partition coefficient (Wildman–Crippen LogP) is 17.8. The molecule has 0 N–H and O–H groups in total. The first-order chi connectivity index (χ1) is 35.1. The largest absolute Gasteiger partial charge is 0.486 e. The highest BCUT2D eigenvalue weighted by Gasteiger charge is 2.37. The third-order valence-electron chi connectivity index (χ3n) is 14.8. The molecule has 2 aliphatic heterocycles. The van der Waals surface area contributed by atoms with Gasteiger partial charge in [-0.15, -0.1) is 0 Å². The smallest absolute Gasteiger partial charge is 0.163 e. The van der Waals surface area contributed by atoms with Gasteiger partial charge in [-0.2, -0.15) is 0 Å². The molecule has 1 aliphatic carbocycles. The Balaban J connectivity index is 1.08. The number of hydrogen-bond acceptors (Lipinski definition) is 7. The zero-order valence-corrected chi connectivity index (χ0v) is 43.5. The van der Waals surface area contributed by atoms with Crippen molar-refractivity contribution in [2.45, 2.75) is 71.6 Å². The van der Waals surface area contributed by atoms with Crippen LogP contribution < -0.4 is 28.7 Å². The van der Waals surface area contributed by atoms with Gasteiger partial charge in [-0.25, -0.2) is 0 Å². The van der Waals surface area contributed by atoms with Crippen LogP contribution in [-0.2, 0) is 16.2 Å². The van der Waals surface area contributed by atoms with E-state index in [9.17, 15) is 0 Å². The summed E-state index contributed by atoms with van der Waals surface area (Å²) in [6.07, 6.45) is 0. The van der Waals surface area contributed by atoms with Crippen LogP contribution in [-0.4, -0.2) is 26.4 Å². The van der Waals surface area contributed by atoms with E-state index in [1.807, 2.05) is 36.4 Å². The summed E-state index contributed by atoms with van der Waals surface area (Å²) < 4.78 is 31.0. The van der Waals surface area contributed by atoms with Gasteiger partial charge in [0.2, 0.25) is 0 Å². The quantitative estimate of drug-likeness (QED) is 0.150. The number of fused-ring (bicyclic) bond motifs is 6. The molecule has 0 saturated heterocycles. The second-order valence-electron chi connectivity index (χ2n) is 22.0. The molecule has 0 saturated carbocycles. The van der Waals surface area contributed by atoms with Crippen molar-refractivity contribution in [2.75, 3.05) is 36.2 Å². The molecule has 366 valence electrons. The molecule has 0 radical (unpaired) electrons. The average Bonchev–Trinajstić information content (AvgIpc) is 3.93. The Hall–Kier alpha value is -7.61. The Labute approximate surface area is 433 Å². The number of nitrogens with zero attached hydrogens (tertiary/aromatic N) is 2. The van der Waals surface area contributed by atoms with Crippen LogP contribution in [0, 0.1) is 0 Å². The van der Waals surface area contributed by atoms with Crippen molar-refractivity contribution in [2.24, 2.45) is 0 Å². The normalized spacial score (nSPS) is 14.4. The molecule has 7 nitrogen and oxygen atoms in total. The Kier molecular flexibility index (Phi) is 11.2. The fourth-order valence-electron chi connectivity index (χ4n) is 10.7. The molecule has 0 spiro atoms. The molecule has 3 heterocycles. The molecule has 1 aromatic heterocycles. The Bertz CT molecular complexity index is 3450. The summed E-state index contributed by atoms with van der Waals surface area (Å²) in [5.74, 6) is 3.61. The summed E-state index contributed by atoms with van der Waals surface area (Å²) >= 11 is 8.14. The molecule has 0 fully saturated rings. The number of rotatable bonds is 8. The van der Waals surface area contributed by atoms with E-state index in [0.29, 0.717) is 54.4 Å². The molecule has 8 heteroatoms. The molecule has 3 aliphatic rings. The number of furan rings is 1. The van der Waals surface area contributed by atoms with Crippen LogP contribution in [0.1, 0.15) is 77.6 Å². The summed E-state index contributed by atoms with van der Waals surface area (Å²) in [7, 11) is 0. The summed E-state index contributed by atoms with van der Waals surface area (Å²) in [4.78, 5) is 4.49. The van der Waals surface area contributed by atoms with Crippen LogP contribution in [0.25, 0.3) is 44.5 Å². The van der Waals surface area contributed by atoms with Gasteiger partial charge in [-0.1, -0.05) is 134 Å². The van der Waals surface area contributed by atoms with Crippen molar-refractivity contribution in [3.05, 3.63) is 191 Å². The second kappa shape index (κ2) is 17.6. The third-order valence-corrected chi connectivity index (χ3v) is 15.2. The number of benzene rings is 8. The first-order valence-electron chi connectivity index (χ1n) is 25.3. The number of anilines is 6. The minimum atomic E-state index is -0.321. The van der Waals surface area contributed by atoms with Gasteiger partial charge in [0.25, 0.3) is 0 Å². The van der Waals surface area contributed by atoms with Crippen molar-refractivity contribution in [3.8, 4) is 56.6 Å². The third kappa shape index (κ3) is 8.34. The molecule has 73 heavy (non-hydrogen) atoms. The fourth-order valence-corrected chi connectivity index (χ4v) is 11.0. The van der Waals surface area contributed by atoms with Crippen molar-refractivity contribution in [3.63, 3.8) is 0 Å². The molecule has 9 aromatic rings. The second-order valence-corrected chi connectivity index (χ2v) is 22.4. The first-order valence-corrected chi connectivity index (χ1v) is 25.7. The molecule has 0 unspecified atom stereocenters. The minimum Gasteiger partial charge on any atom is -0.486 e. The topological polar surface area (TPSA) is 56.5 Å². The van der Waals surface area contributed by atoms with E-state index >= 15 is 0 Å². The van der Waals surface area contributed by atoms with Gasteiger partial charge in [-0.05, 0) is 140 Å². The van der Waals surface area contributed by atoms with Crippen molar-refractivity contribution in [1.29, 1.82) is 0 Å². The van der Waals surface area contributed by atoms with E-state index in [1.165, 1.54) is 33.4 Å². The van der Waals surface area contributed by atoms with Crippen molar-refractivity contribution in [1.82, 2.24) is 0 Å². The van der Waals surface area contributed by atoms with Gasteiger partial charge < -0.3 is 33.2 Å². The lowest BCUT2D eigenvalue weighted by Crippen LogP contribution is -2.18. The van der Waals surface area contributed by atoms with Gasteiger partial charge in [0.1, 0.15) is 37.8 Å². The Morgan fingerprint density at radius 1 is 0.438 bits per heavy atom. The van der Waals surface area contributed by atoms with Crippen LogP contribution in [0.3, 0.4) is 0 Å². The van der Waals surface area contributed by atoms with E-state index in [4.69, 9.17) is 35.0 Å². The van der Waals surface area contributed by atoms with E-state index in [0.717, 1.165) is 67.5 Å². The van der Waals surface area contributed by atoms with E-state index in [2.05, 4.69) is 193 Å². The number of para-hydroxylation sites is 1. The van der Waals surface area contributed by atoms with Gasteiger partial charge in [-0.3, -0.25) is 0 Å². The van der Waals surface area contributed by atoms with Gasteiger partial charge in [0.05, 0.1) is 27.8 Å². The van der Waals surface area contributed by atoms with Crippen LogP contribution in [0.4, 0.5) is 34.1 Å². The average molecular weight is 984 g/mol. The van der Waals surface area contributed by atoms with E-state index in [-0.39, 0.29) is 16.2 Å². The van der Waals surface area contributed by atoms with Gasteiger partial charge >= 0.3 is 0 Å². The van der Waals surface area contributed by atoms with Crippen molar-refractivity contribution < 1.29 is 23.4 Å². The lowest BCUT2D eigenvalue weighted by Gasteiger charge is -2.33. The molecule has 12 rings (SSSR count). The van der Waals surface area contributed by atoms with Crippen LogP contribution in [0.2, 0.25) is 5.02 Å². The van der Waals surface area contributed by atoms with Crippen LogP contribution in [0.5, 0.6) is 23.0 Å². The number of hydrogen-bond donors (Lipinski definition) is 0. The summed E-state index contributed by atoms with van der Waals surface area (Å²) in [6.45, 7) is 20.0. The Morgan fingerprint density at radius 2 is 0.890 bits per heavy atom. The zero-order chi connectivity index (χ0) is 50.4. The van der Waals surface area contributed by atoms with Crippen LogP contribution in [0.15, 0.2) is 168 Å². The fraction of sp³-hybridized carbons (Fsp3) is 0.231. The highest BCUT2D eigenvalue weighted by atomic mass is 35.5. The SMILES string of the molecule is CC(C)(C)c1ccc(N(c2ccc(C(C)(C)C)cc2)c2cc(-c3ccc4c(c3)C(C)(C)c3cc(-c5cc6ccccc6o5)ccc3-4)cc(N(c3ccc4c(c3)OCCO4)c3ccc4c(c3)OCCO4)c2Cl)cc1. The Morgan fingerprint density at radius 3 is 1.40 bits per heavy atom. The first kappa shape index (κ1) is 46.5. The van der Waals surface area contributed by atoms with Crippen LogP contribution >= 0.6 is 11.6 Å². The van der Waals surface area contributed by atoms with E-state index < -0.39 is 0 Å². The lowest BCUT2D eigenvalue weighted by atomic mass is 9.81. The highest BCUT2D eigenvalue weighted by molar-refractivity contribution is 6.37.